The van der Waals surface area contributed by atoms with E-state index < -0.39 is 5.97 Å². The zero-order valence-electron chi connectivity index (χ0n) is 9.66. The Balaban J connectivity index is 2.26. The Bertz CT molecular complexity index is 285. The number of carboxylic acid groups (broad SMARTS) is 1. The van der Waals surface area contributed by atoms with Gasteiger partial charge < -0.3 is 10.4 Å². The number of carboxylic acids is 1. The molecule has 0 radical (unpaired) electrons. The average Bonchev–Trinajstić information content (AvgIpc) is 2.29. The maximum Gasteiger partial charge on any atom is 0.317 e. The Morgan fingerprint density at radius 1 is 1.59 bits per heavy atom. The second-order valence-corrected chi connectivity index (χ2v) is 5.03. The molecule has 1 aliphatic heterocycles. The lowest BCUT2D eigenvalue weighted by Crippen LogP contribution is -2.40. The first-order chi connectivity index (χ1) is 8.11. The van der Waals surface area contributed by atoms with Crippen LogP contribution in [0.1, 0.15) is 12.8 Å². The summed E-state index contributed by atoms with van der Waals surface area (Å²) < 4.78 is 0. The Labute approximate surface area is 112 Å². The molecule has 0 saturated carbocycles. The van der Waals surface area contributed by atoms with Gasteiger partial charge in [0.05, 0.1) is 6.54 Å². The van der Waals surface area contributed by atoms with E-state index >= 15 is 0 Å². The fraction of sp³-hybridized carbons (Fsp3) is 0.727. The van der Waals surface area contributed by atoms with Gasteiger partial charge in [-0.3, -0.25) is 9.69 Å². The number of aliphatic carboxylic acids is 1. The van der Waals surface area contributed by atoms with Crippen LogP contribution < -0.4 is 5.32 Å². The number of halogens is 2. The molecule has 0 spiro atoms. The predicted molar refractivity (Wildman–Crippen MR) is 69.5 cm³/mol. The van der Waals surface area contributed by atoms with Crippen LogP contribution in [-0.2, 0) is 4.79 Å². The van der Waals surface area contributed by atoms with Gasteiger partial charge >= 0.3 is 5.97 Å². The maximum absolute atomic E-state index is 10.4. The zero-order chi connectivity index (χ0) is 12.7. The van der Waals surface area contributed by atoms with Gasteiger partial charge in [0.15, 0.2) is 0 Å². The van der Waals surface area contributed by atoms with Crippen molar-refractivity contribution in [1.82, 2.24) is 10.2 Å². The van der Waals surface area contributed by atoms with Gasteiger partial charge in [-0.15, -0.1) is 0 Å². The van der Waals surface area contributed by atoms with E-state index in [0.717, 1.165) is 32.5 Å². The second-order valence-electron chi connectivity index (χ2n) is 4.32. The Morgan fingerprint density at radius 3 is 3.00 bits per heavy atom. The van der Waals surface area contributed by atoms with Gasteiger partial charge in [-0.2, -0.15) is 0 Å². The third kappa shape index (κ3) is 6.27. The Morgan fingerprint density at radius 2 is 2.35 bits per heavy atom. The minimum atomic E-state index is -0.814. The van der Waals surface area contributed by atoms with Crippen molar-refractivity contribution in [2.75, 3.05) is 32.7 Å². The van der Waals surface area contributed by atoms with Crippen LogP contribution in [0.25, 0.3) is 0 Å². The molecule has 6 heteroatoms. The number of nitrogens with one attached hydrogen (secondary N) is 1. The lowest BCUT2D eigenvalue weighted by molar-refractivity contribution is -0.136. The number of rotatable bonds is 6. The number of hydrogen-bond acceptors (Lipinski definition) is 3. The molecule has 1 saturated heterocycles. The Hall–Kier alpha value is -0.290. The summed E-state index contributed by atoms with van der Waals surface area (Å²) in [5.41, 5.74) is 1.40. The van der Waals surface area contributed by atoms with Crippen molar-refractivity contribution in [3.05, 3.63) is 10.6 Å². The molecule has 4 nitrogen and oxygen atoms in total. The molecular formula is C11H18Cl2N2O2. The highest BCUT2D eigenvalue weighted by Crippen LogP contribution is 2.18. The van der Waals surface area contributed by atoms with Gasteiger partial charge in [0.1, 0.15) is 0 Å². The molecule has 1 aliphatic rings. The van der Waals surface area contributed by atoms with E-state index in [-0.39, 0.29) is 6.54 Å². The van der Waals surface area contributed by atoms with Crippen molar-refractivity contribution in [3.8, 4) is 0 Å². The molecule has 1 atom stereocenters. The van der Waals surface area contributed by atoms with E-state index in [1.54, 1.807) is 0 Å². The topological polar surface area (TPSA) is 52.6 Å². The van der Waals surface area contributed by atoms with Crippen molar-refractivity contribution in [2.45, 2.75) is 12.8 Å². The first-order valence-corrected chi connectivity index (χ1v) is 6.53. The third-order valence-corrected chi connectivity index (χ3v) is 3.41. The van der Waals surface area contributed by atoms with Crippen LogP contribution in [0, 0.1) is 5.92 Å². The van der Waals surface area contributed by atoms with Gasteiger partial charge in [-0.05, 0) is 31.8 Å². The second kappa shape index (κ2) is 7.93. The number of nitrogens with zero attached hydrogens (tertiary/aromatic N) is 1. The molecule has 2 N–H and O–H groups in total. The number of carbonyl (C=O) groups is 1. The summed E-state index contributed by atoms with van der Waals surface area (Å²) in [6.45, 7) is 3.41. The molecule has 0 aromatic rings. The van der Waals surface area contributed by atoms with E-state index in [2.05, 4.69) is 10.2 Å². The first kappa shape index (κ1) is 14.8. The van der Waals surface area contributed by atoms with Crippen molar-refractivity contribution >= 4 is 29.2 Å². The van der Waals surface area contributed by atoms with Crippen molar-refractivity contribution < 1.29 is 9.90 Å². The van der Waals surface area contributed by atoms with Crippen LogP contribution >= 0.6 is 23.2 Å². The number of likely N-dealkylation sites (tertiary alicyclic amines) is 1. The van der Waals surface area contributed by atoms with Gasteiger partial charge in [0.2, 0.25) is 0 Å². The number of piperidine rings is 1. The smallest absolute Gasteiger partial charge is 0.317 e. The molecule has 1 rings (SSSR count). The summed E-state index contributed by atoms with van der Waals surface area (Å²) in [5, 5.41) is 12.1. The van der Waals surface area contributed by atoms with Crippen LogP contribution in [0.2, 0.25) is 0 Å². The quantitative estimate of drug-likeness (QED) is 0.778. The predicted octanol–water partition coefficient (Wildman–Crippen LogP) is 1.69. The van der Waals surface area contributed by atoms with Crippen molar-refractivity contribution in [2.24, 2.45) is 5.92 Å². The maximum atomic E-state index is 10.4. The zero-order valence-corrected chi connectivity index (χ0v) is 11.2. The molecule has 0 aliphatic carbocycles. The Kier molecular flexibility index (Phi) is 6.89. The molecular weight excluding hydrogens is 263 g/mol. The summed E-state index contributed by atoms with van der Waals surface area (Å²) in [5.74, 6) is -0.325. The van der Waals surface area contributed by atoms with Crippen LogP contribution in [0.3, 0.4) is 0 Å². The lowest BCUT2D eigenvalue weighted by Gasteiger charge is -2.32. The third-order valence-electron chi connectivity index (χ3n) is 2.81. The lowest BCUT2D eigenvalue weighted by atomic mass is 9.98. The highest BCUT2D eigenvalue weighted by molar-refractivity contribution is 6.36. The molecule has 0 bridgehead atoms. The number of hydrogen-bond donors (Lipinski definition) is 2. The van der Waals surface area contributed by atoms with Gasteiger partial charge in [0, 0.05) is 23.7 Å². The molecule has 1 heterocycles. The molecule has 1 fully saturated rings. The van der Waals surface area contributed by atoms with Crippen LogP contribution in [0.4, 0.5) is 0 Å². The van der Waals surface area contributed by atoms with Gasteiger partial charge in [0.25, 0.3) is 0 Å². The summed E-state index contributed by atoms with van der Waals surface area (Å²) in [6, 6.07) is 0. The van der Waals surface area contributed by atoms with Crippen molar-refractivity contribution in [1.29, 1.82) is 0 Å². The first-order valence-electron chi connectivity index (χ1n) is 5.71. The highest BCUT2D eigenvalue weighted by atomic mass is 35.5. The average molecular weight is 281 g/mol. The van der Waals surface area contributed by atoms with Crippen LogP contribution in [0.15, 0.2) is 10.6 Å². The monoisotopic (exact) mass is 280 g/mol. The van der Waals surface area contributed by atoms with Gasteiger partial charge in [-0.1, -0.05) is 23.2 Å². The van der Waals surface area contributed by atoms with E-state index in [0.29, 0.717) is 17.5 Å². The van der Waals surface area contributed by atoms with Gasteiger partial charge in [-0.25, -0.2) is 0 Å². The summed E-state index contributed by atoms with van der Waals surface area (Å²) >= 11 is 11.4. The largest absolute Gasteiger partial charge is 0.480 e. The summed E-state index contributed by atoms with van der Waals surface area (Å²) in [7, 11) is 0. The molecule has 0 aromatic carbocycles. The van der Waals surface area contributed by atoms with E-state index in [9.17, 15) is 4.79 Å². The standard InChI is InChI=1S/C11H18Cl2N2O2/c12-4-10(13)8-15-3-1-2-9(7-15)5-14-6-11(16)17/h4,9,14H,1-3,5-8H2,(H,16,17). The molecule has 17 heavy (non-hydrogen) atoms. The van der Waals surface area contributed by atoms with Crippen LogP contribution in [-0.4, -0.2) is 48.7 Å². The minimum absolute atomic E-state index is 0.0266. The minimum Gasteiger partial charge on any atom is -0.480 e. The molecule has 1 unspecified atom stereocenters. The fourth-order valence-electron chi connectivity index (χ4n) is 2.09. The SMILES string of the molecule is O=C(O)CNCC1CCCN(CC(Cl)=CCl)C1. The fourth-order valence-corrected chi connectivity index (χ4v) is 2.33. The van der Waals surface area contributed by atoms with E-state index in [1.165, 1.54) is 5.54 Å². The highest BCUT2D eigenvalue weighted by Gasteiger charge is 2.19. The normalized spacial score (nSPS) is 22.7. The van der Waals surface area contributed by atoms with E-state index in [1.807, 2.05) is 0 Å². The van der Waals surface area contributed by atoms with Crippen LogP contribution in [0.5, 0.6) is 0 Å². The van der Waals surface area contributed by atoms with E-state index in [4.69, 9.17) is 28.3 Å². The summed E-state index contributed by atoms with van der Waals surface area (Å²) in [4.78, 5) is 12.6. The van der Waals surface area contributed by atoms with Crippen molar-refractivity contribution in [3.63, 3.8) is 0 Å². The molecule has 98 valence electrons. The molecule has 0 aromatic heterocycles. The molecule has 0 amide bonds. The summed E-state index contributed by atoms with van der Waals surface area (Å²) in [6.07, 6.45) is 2.25.